The Hall–Kier alpha value is -2.25. The molecule has 0 N–H and O–H groups in total. The molecule has 0 saturated carbocycles. The number of hydrogen-bond donors (Lipinski definition) is 0. The van der Waals surface area contributed by atoms with Gasteiger partial charge in [0, 0.05) is 70.7 Å². The molecule has 0 radical (unpaired) electrons. The summed E-state index contributed by atoms with van der Waals surface area (Å²) >= 11 is 0. The largest absolute Gasteiger partial charge is 0.369 e. The number of likely N-dealkylation sites (tertiary alicyclic amines) is 1. The smallest absolute Gasteiger partial charge is 0.266 e. The lowest BCUT2D eigenvalue weighted by atomic mass is 10.1. The van der Waals surface area contributed by atoms with Gasteiger partial charge in [-0.25, -0.2) is 9.07 Å². The number of piperazine rings is 1. The maximum Gasteiger partial charge on any atom is 0.266 e. The number of anilines is 1. The van der Waals surface area contributed by atoms with Gasteiger partial charge in [-0.15, -0.1) is 0 Å². The molecule has 3 heterocycles. The molecule has 0 bridgehead atoms. The van der Waals surface area contributed by atoms with Crippen LogP contribution in [-0.2, 0) is 13.6 Å². The quantitative estimate of drug-likeness (QED) is 0.815. The molecule has 138 valence electrons. The van der Waals surface area contributed by atoms with E-state index < -0.39 is 0 Å². The lowest BCUT2D eigenvalue weighted by molar-refractivity contribution is 0.0246. The van der Waals surface area contributed by atoms with E-state index in [2.05, 4.69) is 19.8 Å². The standard InChI is InChI=1S/C19H24FN5O/c1-22-19(26)7-4-16(21-22)12-23-13-18(14-23)25-10-8-24(9-11-25)17-5-2-15(20)3-6-17/h2-7,18H,8-14H2,1H3. The Labute approximate surface area is 152 Å². The molecule has 0 aliphatic carbocycles. The van der Waals surface area contributed by atoms with Crippen LogP contribution >= 0.6 is 0 Å². The van der Waals surface area contributed by atoms with Crippen LogP contribution in [0.3, 0.4) is 0 Å². The van der Waals surface area contributed by atoms with Crippen molar-refractivity contribution in [1.29, 1.82) is 0 Å². The molecule has 2 aliphatic rings. The van der Waals surface area contributed by atoms with E-state index in [0.29, 0.717) is 6.04 Å². The summed E-state index contributed by atoms with van der Waals surface area (Å²) in [4.78, 5) is 18.6. The minimum Gasteiger partial charge on any atom is -0.369 e. The third-order valence-corrected chi connectivity index (χ3v) is 5.36. The first-order valence-electron chi connectivity index (χ1n) is 9.09. The van der Waals surface area contributed by atoms with E-state index >= 15 is 0 Å². The molecule has 0 spiro atoms. The molecule has 2 saturated heterocycles. The number of halogens is 1. The van der Waals surface area contributed by atoms with Crippen molar-refractivity contribution in [2.75, 3.05) is 44.2 Å². The summed E-state index contributed by atoms with van der Waals surface area (Å²) in [6, 6.07) is 10.8. The third kappa shape index (κ3) is 3.64. The molecule has 1 aromatic carbocycles. The van der Waals surface area contributed by atoms with Crippen LogP contribution in [0.5, 0.6) is 0 Å². The van der Waals surface area contributed by atoms with Gasteiger partial charge in [0.25, 0.3) is 5.56 Å². The number of hydrogen-bond acceptors (Lipinski definition) is 5. The minimum absolute atomic E-state index is 0.0748. The van der Waals surface area contributed by atoms with Crippen molar-refractivity contribution in [3.63, 3.8) is 0 Å². The fourth-order valence-corrected chi connectivity index (χ4v) is 3.76. The van der Waals surface area contributed by atoms with Crippen molar-refractivity contribution in [2.45, 2.75) is 12.6 Å². The molecule has 26 heavy (non-hydrogen) atoms. The van der Waals surface area contributed by atoms with E-state index in [1.54, 1.807) is 13.1 Å². The van der Waals surface area contributed by atoms with Crippen LogP contribution in [0.15, 0.2) is 41.2 Å². The minimum atomic E-state index is -0.185. The van der Waals surface area contributed by atoms with Crippen LogP contribution in [0, 0.1) is 5.82 Å². The van der Waals surface area contributed by atoms with Crippen LogP contribution in [0.25, 0.3) is 0 Å². The molecule has 2 aliphatic heterocycles. The third-order valence-electron chi connectivity index (χ3n) is 5.36. The summed E-state index contributed by atoms with van der Waals surface area (Å²) in [5.41, 5.74) is 1.96. The van der Waals surface area contributed by atoms with Crippen molar-refractivity contribution < 1.29 is 4.39 Å². The average Bonchev–Trinajstić information content (AvgIpc) is 2.62. The van der Waals surface area contributed by atoms with E-state index in [1.165, 1.54) is 16.8 Å². The number of benzene rings is 1. The monoisotopic (exact) mass is 357 g/mol. The van der Waals surface area contributed by atoms with E-state index in [9.17, 15) is 9.18 Å². The van der Waals surface area contributed by atoms with E-state index in [4.69, 9.17) is 0 Å². The second-order valence-corrected chi connectivity index (χ2v) is 7.13. The first-order valence-corrected chi connectivity index (χ1v) is 9.09. The molecule has 0 atom stereocenters. The highest BCUT2D eigenvalue weighted by Crippen LogP contribution is 2.21. The summed E-state index contributed by atoms with van der Waals surface area (Å²) in [5.74, 6) is -0.185. The van der Waals surface area contributed by atoms with Crippen molar-refractivity contribution in [3.05, 3.63) is 58.3 Å². The molecule has 6 nitrogen and oxygen atoms in total. The normalized spacial score (nSPS) is 19.5. The maximum atomic E-state index is 13.1. The number of rotatable bonds is 4. The van der Waals surface area contributed by atoms with Gasteiger partial charge in [-0.2, -0.15) is 5.10 Å². The molecule has 1 aromatic heterocycles. The zero-order chi connectivity index (χ0) is 18.1. The highest BCUT2D eigenvalue weighted by Gasteiger charge is 2.33. The van der Waals surface area contributed by atoms with Gasteiger partial charge in [0.15, 0.2) is 0 Å². The molecule has 7 heteroatoms. The SMILES string of the molecule is Cn1nc(CN2CC(N3CCN(c4ccc(F)cc4)CC3)C2)ccc1=O. The van der Waals surface area contributed by atoms with Crippen molar-refractivity contribution in [2.24, 2.45) is 7.05 Å². The van der Waals surface area contributed by atoms with Gasteiger partial charge in [0.05, 0.1) is 5.69 Å². The van der Waals surface area contributed by atoms with Crippen molar-refractivity contribution in [3.8, 4) is 0 Å². The van der Waals surface area contributed by atoms with Crippen LogP contribution in [0.4, 0.5) is 10.1 Å². The second-order valence-electron chi connectivity index (χ2n) is 7.13. The van der Waals surface area contributed by atoms with Gasteiger partial charge in [0.1, 0.15) is 5.82 Å². The maximum absolute atomic E-state index is 13.1. The zero-order valence-electron chi connectivity index (χ0n) is 15.0. The van der Waals surface area contributed by atoms with Gasteiger partial charge in [-0.05, 0) is 30.3 Å². The Bertz CT molecular complexity index is 807. The van der Waals surface area contributed by atoms with Gasteiger partial charge in [-0.3, -0.25) is 14.6 Å². The summed E-state index contributed by atoms with van der Waals surface area (Å²) < 4.78 is 14.4. The second kappa shape index (κ2) is 7.17. The predicted octanol–water partition coefficient (Wildman–Crippen LogP) is 0.926. The Morgan fingerprint density at radius 2 is 1.73 bits per heavy atom. The topological polar surface area (TPSA) is 44.6 Å². The lowest BCUT2D eigenvalue weighted by Gasteiger charge is -2.48. The van der Waals surface area contributed by atoms with Crippen LogP contribution < -0.4 is 10.5 Å². The molecule has 2 fully saturated rings. The van der Waals surface area contributed by atoms with E-state index in [0.717, 1.165) is 57.2 Å². The number of aryl methyl sites for hydroxylation is 1. The Morgan fingerprint density at radius 1 is 1.04 bits per heavy atom. The van der Waals surface area contributed by atoms with Crippen LogP contribution in [0.2, 0.25) is 0 Å². The summed E-state index contributed by atoms with van der Waals surface area (Å²) in [7, 11) is 1.69. The molecule has 2 aromatic rings. The van der Waals surface area contributed by atoms with Crippen LogP contribution in [-0.4, -0.2) is 64.9 Å². The van der Waals surface area contributed by atoms with Crippen molar-refractivity contribution in [1.82, 2.24) is 19.6 Å². The van der Waals surface area contributed by atoms with Gasteiger partial charge >= 0.3 is 0 Å². The molecule has 4 rings (SSSR count). The molecular formula is C19H24FN5O. The Morgan fingerprint density at radius 3 is 2.38 bits per heavy atom. The molecule has 0 amide bonds. The fourth-order valence-electron chi connectivity index (χ4n) is 3.76. The van der Waals surface area contributed by atoms with Gasteiger partial charge in [0.2, 0.25) is 0 Å². The van der Waals surface area contributed by atoms with Crippen molar-refractivity contribution >= 4 is 5.69 Å². The van der Waals surface area contributed by atoms with E-state index in [1.807, 2.05) is 18.2 Å². The number of nitrogens with zero attached hydrogens (tertiary/aromatic N) is 5. The molecular weight excluding hydrogens is 333 g/mol. The van der Waals surface area contributed by atoms with Crippen LogP contribution in [0.1, 0.15) is 5.69 Å². The number of aromatic nitrogens is 2. The summed E-state index contributed by atoms with van der Waals surface area (Å²) in [6.45, 7) is 6.90. The average molecular weight is 357 g/mol. The summed E-state index contributed by atoms with van der Waals surface area (Å²) in [6.07, 6.45) is 0. The Balaban J connectivity index is 1.24. The summed E-state index contributed by atoms with van der Waals surface area (Å²) in [5, 5.41) is 4.30. The van der Waals surface area contributed by atoms with E-state index in [-0.39, 0.29) is 11.4 Å². The fraction of sp³-hybridized carbons (Fsp3) is 0.474. The Kier molecular flexibility index (Phi) is 4.74. The zero-order valence-corrected chi connectivity index (χ0v) is 15.0. The first-order chi connectivity index (χ1) is 12.6. The van der Waals surface area contributed by atoms with Gasteiger partial charge < -0.3 is 4.90 Å². The first kappa shape index (κ1) is 17.2. The highest BCUT2D eigenvalue weighted by molar-refractivity contribution is 5.46. The highest BCUT2D eigenvalue weighted by atomic mass is 19.1. The predicted molar refractivity (Wildman–Crippen MR) is 98.7 cm³/mol. The lowest BCUT2D eigenvalue weighted by Crippen LogP contribution is -2.62. The molecule has 0 unspecified atom stereocenters. The van der Waals surface area contributed by atoms with Gasteiger partial charge in [-0.1, -0.05) is 0 Å².